The SMILES string of the molecule is CC(NCc1ccccc1)c1nccn1C. The number of nitrogens with zero attached hydrogens (tertiary/aromatic N) is 2. The van der Waals surface area contributed by atoms with E-state index in [1.54, 1.807) is 0 Å². The first-order valence-corrected chi connectivity index (χ1v) is 5.52. The molecule has 84 valence electrons. The summed E-state index contributed by atoms with van der Waals surface area (Å²) in [5.74, 6) is 1.07. The molecule has 0 aliphatic heterocycles. The summed E-state index contributed by atoms with van der Waals surface area (Å²) >= 11 is 0. The molecular formula is C13H17N3. The second kappa shape index (κ2) is 4.94. The van der Waals surface area contributed by atoms with Gasteiger partial charge in [0.2, 0.25) is 0 Å². The minimum Gasteiger partial charge on any atom is -0.337 e. The number of aromatic nitrogens is 2. The zero-order valence-electron chi connectivity index (χ0n) is 9.72. The van der Waals surface area contributed by atoms with Crippen LogP contribution in [0.1, 0.15) is 24.4 Å². The second-order valence-corrected chi connectivity index (χ2v) is 3.98. The maximum Gasteiger partial charge on any atom is 0.125 e. The summed E-state index contributed by atoms with van der Waals surface area (Å²) in [6.07, 6.45) is 3.80. The number of imidazole rings is 1. The van der Waals surface area contributed by atoms with E-state index in [-0.39, 0.29) is 6.04 Å². The van der Waals surface area contributed by atoms with Crippen LogP contribution in [0.2, 0.25) is 0 Å². The van der Waals surface area contributed by atoms with E-state index in [2.05, 4.69) is 41.5 Å². The van der Waals surface area contributed by atoms with E-state index < -0.39 is 0 Å². The van der Waals surface area contributed by atoms with Crippen molar-refractivity contribution < 1.29 is 0 Å². The smallest absolute Gasteiger partial charge is 0.125 e. The van der Waals surface area contributed by atoms with Crippen LogP contribution in [-0.4, -0.2) is 9.55 Å². The van der Waals surface area contributed by atoms with E-state index in [4.69, 9.17) is 0 Å². The summed E-state index contributed by atoms with van der Waals surface area (Å²) < 4.78 is 2.04. The first kappa shape index (κ1) is 10.9. The van der Waals surface area contributed by atoms with Crippen LogP contribution < -0.4 is 5.32 Å². The first-order chi connectivity index (χ1) is 7.77. The Morgan fingerprint density at radius 1 is 1.31 bits per heavy atom. The molecule has 0 aliphatic rings. The van der Waals surface area contributed by atoms with Crippen molar-refractivity contribution in [3.8, 4) is 0 Å². The zero-order valence-corrected chi connectivity index (χ0v) is 9.72. The largest absolute Gasteiger partial charge is 0.337 e. The van der Waals surface area contributed by atoms with Crippen LogP contribution in [0.4, 0.5) is 0 Å². The topological polar surface area (TPSA) is 29.9 Å². The molecule has 2 rings (SSSR count). The second-order valence-electron chi connectivity index (χ2n) is 3.98. The van der Waals surface area contributed by atoms with Crippen LogP contribution in [0.15, 0.2) is 42.7 Å². The Morgan fingerprint density at radius 2 is 2.06 bits per heavy atom. The average molecular weight is 215 g/mol. The van der Waals surface area contributed by atoms with Crippen molar-refractivity contribution in [2.24, 2.45) is 7.05 Å². The third kappa shape index (κ3) is 2.49. The highest BCUT2D eigenvalue weighted by atomic mass is 15.1. The van der Waals surface area contributed by atoms with Gasteiger partial charge in [0, 0.05) is 26.0 Å². The van der Waals surface area contributed by atoms with Crippen molar-refractivity contribution in [3.05, 3.63) is 54.1 Å². The fourth-order valence-electron chi connectivity index (χ4n) is 1.75. The molecule has 1 aromatic heterocycles. The Bertz CT molecular complexity index is 433. The van der Waals surface area contributed by atoms with Gasteiger partial charge < -0.3 is 9.88 Å². The molecule has 0 radical (unpaired) electrons. The van der Waals surface area contributed by atoms with Gasteiger partial charge in [-0.05, 0) is 12.5 Å². The van der Waals surface area contributed by atoms with Gasteiger partial charge in [-0.3, -0.25) is 0 Å². The monoisotopic (exact) mass is 215 g/mol. The fraction of sp³-hybridized carbons (Fsp3) is 0.308. The van der Waals surface area contributed by atoms with Crippen LogP contribution in [0.5, 0.6) is 0 Å². The van der Waals surface area contributed by atoms with Crippen LogP contribution in [0, 0.1) is 0 Å². The molecule has 2 aromatic rings. The van der Waals surface area contributed by atoms with Gasteiger partial charge in [-0.1, -0.05) is 30.3 Å². The van der Waals surface area contributed by atoms with Crippen molar-refractivity contribution in [3.63, 3.8) is 0 Å². The van der Waals surface area contributed by atoms with E-state index >= 15 is 0 Å². The molecule has 1 atom stereocenters. The molecule has 3 nitrogen and oxygen atoms in total. The predicted molar refractivity (Wildman–Crippen MR) is 64.9 cm³/mol. The molecule has 0 saturated heterocycles. The number of rotatable bonds is 4. The first-order valence-electron chi connectivity index (χ1n) is 5.52. The van der Waals surface area contributed by atoms with Gasteiger partial charge in [0.05, 0.1) is 6.04 Å². The predicted octanol–water partition coefficient (Wildman–Crippen LogP) is 2.27. The van der Waals surface area contributed by atoms with Gasteiger partial charge >= 0.3 is 0 Å². The number of hydrogen-bond acceptors (Lipinski definition) is 2. The molecular weight excluding hydrogens is 198 g/mol. The minimum absolute atomic E-state index is 0.264. The minimum atomic E-state index is 0.264. The molecule has 3 heteroatoms. The lowest BCUT2D eigenvalue weighted by Gasteiger charge is -2.13. The van der Waals surface area contributed by atoms with Crippen LogP contribution in [0.3, 0.4) is 0 Å². The van der Waals surface area contributed by atoms with Gasteiger partial charge in [-0.2, -0.15) is 0 Å². The molecule has 0 spiro atoms. The van der Waals surface area contributed by atoms with Crippen LogP contribution in [0.25, 0.3) is 0 Å². The zero-order chi connectivity index (χ0) is 11.4. The molecule has 0 aliphatic carbocycles. The van der Waals surface area contributed by atoms with Crippen molar-refractivity contribution in [1.82, 2.24) is 14.9 Å². The van der Waals surface area contributed by atoms with E-state index in [0.29, 0.717) is 0 Å². The fourth-order valence-corrected chi connectivity index (χ4v) is 1.75. The summed E-state index contributed by atoms with van der Waals surface area (Å²) in [5.41, 5.74) is 1.29. The summed E-state index contributed by atoms with van der Waals surface area (Å²) in [4.78, 5) is 4.33. The third-order valence-electron chi connectivity index (χ3n) is 2.70. The van der Waals surface area contributed by atoms with Crippen molar-refractivity contribution >= 4 is 0 Å². The average Bonchev–Trinajstić information content (AvgIpc) is 2.74. The quantitative estimate of drug-likeness (QED) is 0.848. The Kier molecular flexibility index (Phi) is 3.37. The Labute approximate surface area is 96.1 Å². The van der Waals surface area contributed by atoms with Gasteiger partial charge in [-0.25, -0.2) is 4.98 Å². The summed E-state index contributed by atoms with van der Waals surface area (Å²) in [6, 6.07) is 10.7. The van der Waals surface area contributed by atoms with Crippen LogP contribution >= 0.6 is 0 Å². The number of benzene rings is 1. The molecule has 16 heavy (non-hydrogen) atoms. The molecule has 0 saturated carbocycles. The normalized spacial score (nSPS) is 12.6. The highest BCUT2D eigenvalue weighted by Crippen LogP contribution is 2.09. The van der Waals surface area contributed by atoms with Crippen molar-refractivity contribution in [1.29, 1.82) is 0 Å². The Morgan fingerprint density at radius 3 is 2.69 bits per heavy atom. The Balaban J connectivity index is 1.94. The lowest BCUT2D eigenvalue weighted by molar-refractivity contribution is 0.530. The van der Waals surface area contributed by atoms with Crippen LogP contribution in [-0.2, 0) is 13.6 Å². The van der Waals surface area contributed by atoms with E-state index in [1.807, 2.05) is 30.1 Å². The summed E-state index contributed by atoms with van der Waals surface area (Å²) in [5, 5.41) is 3.46. The molecule has 1 unspecified atom stereocenters. The maximum absolute atomic E-state index is 4.33. The Hall–Kier alpha value is -1.61. The summed E-state index contributed by atoms with van der Waals surface area (Å²) in [7, 11) is 2.02. The number of nitrogens with one attached hydrogen (secondary N) is 1. The highest BCUT2D eigenvalue weighted by Gasteiger charge is 2.08. The van der Waals surface area contributed by atoms with Gasteiger partial charge in [0.25, 0.3) is 0 Å². The van der Waals surface area contributed by atoms with Gasteiger partial charge in [0.1, 0.15) is 5.82 Å². The molecule has 1 heterocycles. The lowest BCUT2D eigenvalue weighted by atomic mass is 10.2. The van der Waals surface area contributed by atoms with Gasteiger partial charge in [0.15, 0.2) is 0 Å². The highest BCUT2D eigenvalue weighted by molar-refractivity contribution is 5.14. The van der Waals surface area contributed by atoms with E-state index in [9.17, 15) is 0 Å². The molecule has 0 fully saturated rings. The standard InChI is InChI=1S/C13H17N3/c1-11(13-14-8-9-16(13)2)15-10-12-6-4-3-5-7-12/h3-9,11,15H,10H2,1-2H3. The number of aryl methyl sites for hydroxylation is 1. The molecule has 0 amide bonds. The lowest BCUT2D eigenvalue weighted by Crippen LogP contribution is -2.20. The van der Waals surface area contributed by atoms with Crippen molar-refractivity contribution in [2.75, 3.05) is 0 Å². The van der Waals surface area contributed by atoms with E-state index in [1.165, 1.54) is 5.56 Å². The summed E-state index contributed by atoms with van der Waals surface area (Å²) in [6.45, 7) is 3.00. The molecule has 0 bridgehead atoms. The third-order valence-corrected chi connectivity index (χ3v) is 2.70. The molecule has 1 N–H and O–H groups in total. The van der Waals surface area contributed by atoms with E-state index in [0.717, 1.165) is 12.4 Å². The van der Waals surface area contributed by atoms with Crippen molar-refractivity contribution in [2.45, 2.75) is 19.5 Å². The maximum atomic E-state index is 4.33. The van der Waals surface area contributed by atoms with Gasteiger partial charge in [-0.15, -0.1) is 0 Å². The number of hydrogen-bond donors (Lipinski definition) is 1. The molecule has 1 aromatic carbocycles.